The Morgan fingerprint density at radius 1 is 0.914 bits per heavy atom. The minimum Gasteiger partial charge on any atom is -0.483 e. The van der Waals surface area contributed by atoms with Gasteiger partial charge in [0.05, 0.1) is 21.9 Å². The van der Waals surface area contributed by atoms with Gasteiger partial charge in [-0.3, -0.25) is 14.4 Å². The molecule has 0 heterocycles. The largest absolute Gasteiger partial charge is 0.483 e. The number of nitrogens with one attached hydrogen (secondary N) is 3. The van der Waals surface area contributed by atoms with E-state index in [-0.39, 0.29) is 28.2 Å². The van der Waals surface area contributed by atoms with Gasteiger partial charge in [0.15, 0.2) is 6.61 Å². The Morgan fingerprint density at radius 2 is 1.69 bits per heavy atom. The Balaban J connectivity index is 1.55. The molecule has 0 radical (unpaired) electrons. The molecule has 0 atom stereocenters. The van der Waals surface area contributed by atoms with Crippen molar-refractivity contribution in [2.75, 3.05) is 11.9 Å². The molecule has 0 aliphatic carbocycles. The van der Waals surface area contributed by atoms with Crippen LogP contribution in [0.4, 0.5) is 5.69 Å². The van der Waals surface area contributed by atoms with Crippen LogP contribution in [0.5, 0.6) is 5.75 Å². The van der Waals surface area contributed by atoms with Gasteiger partial charge in [0.25, 0.3) is 5.91 Å². The van der Waals surface area contributed by atoms with Crippen LogP contribution < -0.4 is 20.8 Å². The second-order valence-corrected chi connectivity index (χ2v) is 8.21. The van der Waals surface area contributed by atoms with Gasteiger partial charge in [-0.1, -0.05) is 71.2 Å². The summed E-state index contributed by atoms with van der Waals surface area (Å²) in [5.41, 5.74) is 3.62. The molecule has 0 bridgehead atoms. The van der Waals surface area contributed by atoms with Crippen molar-refractivity contribution in [1.29, 1.82) is 0 Å². The predicted octanol–water partition coefficient (Wildman–Crippen LogP) is 4.43. The van der Waals surface area contributed by atoms with Crippen LogP contribution in [-0.4, -0.2) is 30.5 Å². The van der Waals surface area contributed by atoms with Gasteiger partial charge in [-0.05, 0) is 35.9 Å². The second-order valence-electron chi connectivity index (χ2n) is 6.99. The molecule has 0 saturated carbocycles. The molecule has 3 rings (SSSR count). The van der Waals surface area contributed by atoms with E-state index in [1.807, 2.05) is 30.3 Å². The van der Waals surface area contributed by atoms with E-state index < -0.39 is 11.8 Å². The number of hydrogen-bond acceptors (Lipinski definition) is 5. The molecule has 0 fully saturated rings. The highest BCUT2D eigenvalue weighted by Crippen LogP contribution is 2.29. The minimum atomic E-state index is -1.04. The number of nitrogens with zero attached hydrogens (tertiary/aromatic N) is 1. The van der Waals surface area contributed by atoms with Crippen molar-refractivity contribution >= 4 is 64.4 Å². The highest BCUT2D eigenvalue weighted by molar-refractivity contribution is 6.45. The van der Waals surface area contributed by atoms with Gasteiger partial charge in [0, 0.05) is 17.1 Å². The number of carbonyl (C=O) groups excluding carboxylic acids is 3. The minimum absolute atomic E-state index is 0.104. The zero-order valence-corrected chi connectivity index (χ0v) is 20.3. The van der Waals surface area contributed by atoms with Crippen LogP contribution in [0.3, 0.4) is 0 Å². The first-order valence-electron chi connectivity index (χ1n) is 10.1. The fraction of sp³-hybridized carbons (Fsp3) is 0.0833. The Hall–Kier alpha value is -3.59. The first-order chi connectivity index (χ1) is 16.8. The lowest BCUT2D eigenvalue weighted by molar-refractivity contribution is -0.136. The van der Waals surface area contributed by atoms with Crippen molar-refractivity contribution in [1.82, 2.24) is 10.7 Å². The summed E-state index contributed by atoms with van der Waals surface area (Å²) in [4.78, 5) is 36.3. The van der Waals surface area contributed by atoms with E-state index >= 15 is 0 Å². The summed E-state index contributed by atoms with van der Waals surface area (Å²) in [5.74, 6) is -2.06. The molecule has 8 nitrogen and oxygen atoms in total. The van der Waals surface area contributed by atoms with Crippen LogP contribution >= 0.6 is 34.8 Å². The summed E-state index contributed by atoms with van der Waals surface area (Å²) < 4.78 is 5.57. The van der Waals surface area contributed by atoms with Crippen molar-refractivity contribution in [3.63, 3.8) is 0 Å². The molecule has 0 saturated heterocycles. The molecule has 11 heteroatoms. The molecule has 0 unspecified atom stereocenters. The summed E-state index contributed by atoms with van der Waals surface area (Å²) in [5, 5.41) is 9.58. The van der Waals surface area contributed by atoms with Crippen molar-refractivity contribution in [3.05, 3.63) is 92.9 Å². The van der Waals surface area contributed by atoms with Crippen molar-refractivity contribution in [2.45, 2.75) is 6.54 Å². The third-order valence-corrected chi connectivity index (χ3v) is 5.49. The van der Waals surface area contributed by atoms with Crippen LogP contribution in [0.2, 0.25) is 15.1 Å². The molecule has 0 aromatic heterocycles. The van der Waals surface area contributed by atoms with E-state index in [0.29, 0.717) is 22.9 Å². The molecule has 0 spiro atoms. The number of hydrazone groups is 1. The third kappa shape index (κ3) is 7.99. The number of hydrogen-bond donors (Lipinski definition) is 3. The molecule has 0 aliphatic rings. The van der Waals surface area contributed by atoms with Crippen LogP contribution in [-0.2, 0) is 20.9 Å². The molecule has 0 aliphatic heterocycles. The lowest BCUT2D eigenvalue weighted by Gasteiger charge is -2.10. The Bertz CT molecular complexity index is 1250. The Morgan fingerprint density at radius 3 is 2.46 bits per heavy atom. The highest BCUT2D eigenvalue weighted by atomic mass is 35.5. The van der Waals surface area contributed by atoms with Crippen molar-refractivity contribution in [3.8, 4) is 5.75 Å². The maximum absolute atomic E-state index is 12.1. The number of rotatable bonds is 8. The van der Waals surface area contributed by atoms with Gasteiger partial charge >= 0.3 is 11.8 Å². The SMILES string of the molecule is O=C(COc1ccc(Cl)cc1/C=N\NC(=O)C(=O)Nc1cccc(Cl)c1Cl)NCc1ccccc1. The number of carbonyl (C=O) groups is 3. The average Bonchev–Trinajstić information content (AvgIpc) is 2.85. The van der Waals surface area contributed by atoms with Gasteiger partial charge in [0.1, 0.15) is 5.75 Å². The lowest BCUT2D eigenvalue weighted by Crippen LogP contribution is -2.32. The zero-order valence-electron chi connectivity index (χ0n) is 18.1. The van der Waals surface area contributed by atoms with E-state index in [1.165, 1.54) is 18.3 Å². The van der Waals surface area contributed by atoms with Crippen LogP contribution in [0, 0.1) is 0 Å². The molecule has 180 valence electrons. The maximum Gasteiger partial charge on any atom is 0.329 e. The monoisotopic (exact) mass is 532 g/mol. The van der Waals surface area contributed by atoms with Crippen LogP contribution in [0.15, 0.2) is 71.8 Å². The van der Waals surface area contributed by atoms with Crippen LogP contribution in [0.1, 0.15) is 11.1 Å². The van der Waals surface area contributed by atoms with E-state index in [0.717, 1.165) is 5.56 Å². The van der Waals surface area contributed by atoms with E-state index in [1.54, 1.807) is 24.3 Å². The van der Waals surface area contributed by atoms with Gasteiger partial charge < -0.3 is 15.4 Å². The van der Waals surface area contributed by atoms with E-state index in [4.69, 9.17) is 39.5 Å². The summed E-state index contributed by atoms with van der Waals surface area (Å²) >= 11 is 17.9. The van der Waals surface area contributed by atoms with Gasteiger partial charge in [-0.15, -0.1) is 0 Å². The quantitative estimate of drug-likeness (QED) is 0.226. The fourth-order valence-corrected chi connectivity index (χ4v) is 3.26. The standard InChI is InChI=1S/C24H19Cl3N4O4/c25-17-9-10-20(35-14-21(32)28-12-15-5-2-1-3-6-15)16(11-17)13-29-31-24(34)23(33)30-19-8-4-7-18(26)22(19)27/h1-11,13H,12,14H2,(H,28,32)(H,30,33)(H,31,34)/b29-13-. The molecule has 35 heavy (non-hydrogen) atoms. The third-order valence-electron chi connectivity index (χ3n) is 4.44. The highest BCUT2D eigenvalue weighted by Gasteiger charge is 2.15. The average molecular weight is 534 g/mol. The number of halogens is 3. The maximum atomic E-state index is 12.1. The van der Waals surface area contributed by atoms with E-state index in [9.17, 15) is 14.4 Å². The van der Waals surface area contributed by atoms with Crippen molar-refractivity contribution in [2.24, 2.45) is 5.10 Å². The van der Waals surface area contributed by atoms with Gasteiger partial charge in [-0.25, -0.2) is 5.43 Å². The molecule has 3 N–H and O–H groups in total. The first-order valence-corrected chi connectivity index (χ1v) is 11.3. The van der Waals surface area contributed by atoms with Gasteiger partial charge in [-0.2, -0.15) is 5.10 Å². The number of ether oxygens (including phenoxy) is 1. The van der Waals surface area contributed by atoms with Crippen molar-refractivity contribution < 1.29 is 19.1 Å². The molecular weight excluding hydrogens is 515 g/mol. The number of amides is 3. The normalized spacial score (nSPS) is 10.6. The van der Waals surface area contributed by atoms with Crippen LogP contribution in [0.25, 0.3) is 0 Å². The summed E-state index contributed by atoms with van der Waals surface area (Å²) in [6, 6.07) is 18.7. The first kappa shape index (κ1) is 26.0. The fourth-order valence-electron chi connectivity index (χ4n) is 2.73. The topological polar surface area (TPSA) is 109 Å². The van der Waals surface area contributed by atoms with Gasteiger partial charge in [0.2, 0.25) is 0 Å². The second kappa shape index (κ2) is 12.8. The Kier molecular flexibility index (Phi) is 9.48. The smallest absolute Gasteiger partial charge is 0.329 e. The number of anilines is 1. The summed E-state index contributed by atoms with van der Waals surface area (Å²) in [7, 11) is 0. The molecular formula is C24H19Cl3N4O4. The summed E-state index contributed by atoms with van der Waals surface area (Å²) in [6.07, 6.45) is 1.24. The molecule has 3 amide bonds. The predicted molar refractivity (Wildman–Crippen MR) is 136 cm³/mol. The zero-order chi connectivity index (χ0) is 25.2. The number of benzene rings is 3. The molecule has 3 aromatic carbocycles. The summed E-state index contributed by atoms with van der Waals surface area (Å²) in [6.45, 7) is 0.122. The lowest BCUT2D eigenvalue weighted by atomic mass is 10.2. The molecule has 3 aromatic rings. The van der Waals surface area contributed by atoms with E-state index in [2.05, 4.69) is 21.2 Å². The Labute approximate surface area is 216 Å².